The predicted octanol–water partition coefficient (Wildman–Crippen LogP) is 6.24. The Hall–Kier alpha value is -2.66. The van der Waals surface area contributed by atoms with Gasteiger partial charge in [-0.2, -0.15) is 0 Å². The maximum atomic E-state index is 7.27. The molecule has 0 saturated heterocycles. The lowest BCUT2D eigenvalue weighted by molar-refractivity contribution is -0.659. The van der Waals surface area contributed by atoms with Crippen molar-refractivity contribution >= 4 is 16.5 Å². The highest BCUT2D eigenvalue weighted by Gasteiger charge is 2.21. The minimum atomic E-state index is 0.699. The van der Waals surface area contributed by atoms with Crippen molar-refractivity contribution < 1.29 is 4.57 Å². The largest absolute Gasteiger partial charge is 0.238 e. The monoisotopic (exact) mass is 341 g/mol. The van der Waals surface area contributed by atoms with Crippen LogP contribution in [-0.2, 0) is 7.05 Å². The highest BCUT2D eigenvalue weighted by molar-refractivity contribution is 5.95. The lowest BCUT2D eigenvalue weighted by Gasteiger charge is -2.22. The number of rotatable bonds is 2. The molecular weight excluding hydrogens is 316 g/mol. The number of benzene rings is 2. The molecule has 130 valence electrons. The first kappa shape index (κ1) is 16.8. The third-order valence-electron chi connectivity index (χ3n) is 5.84. The van der Waals surface area contributed by atoms with E-state index in [4.69, 9.17) is 6.57 Å². The van der Waals surface area contributed by atoms with E-state index in [0.29, 0.717) is 11.6 Å². The van der Waals surface area contributed by atoms with Crippen LogP contribution in [0.2, 0.25) is 0 Å². The van der Waals surface area contributed by atoms with Gasteiger partial charge in [0, 0.05) is 11.6 Å². The van der Waals surface area contributed by atoms with Crippen molar-refractivity contribution in [2.24, 2.45) is 7.05 Å². The number of hydrogen-bond acceptors (Lipinski definition) is 0. The van der Waals surface area contributed by atoms with Crippen LogP contribution in [0.4, 0.5) is 5.69 Å². The molecule has 2 heteroatoms. The van der Waals surface area contributed by atoms with Gasteiger partial charge in [0.15, 0.2) is 11.9 Å². The first-order valence-electron chi connectivity index (χ1n) is 9.58. The summed E-state index contributed by atoms with van der Waals surface area (Å²) in [6.45, 7) is 9.48. The van der Waals surface area contributed by atoms with E-state index in [-0.39, 0.29) is 0 Å². The minimum Gasteiger partial charge on any atom is -0.238 e. The number of aromatic nitrogens is 1. The van der Waals surface area contributed by atoms with Gasteiger partial charge in [0.05, 0.1) is 12.0 Å². The molecule has 0 N–H and O–H groups in total. The molecule has 2 aromatic carbocycles. The number of fused-ring (bicyclic) bond motifs is 1. The van der Waals surface area contributed by atoms with Crippen molar-refractivity contribution in [3.05, 3.63) is 71.2 Å². The molecule has 3 aromatic rings. The molecule has 0 atom stereocenters. The maximum absolute atomic E-state index is 7.27. The molecule has 0 amide bonds. The fourth-order valence-electron chi connectivity index (χ4n) is 4.35. The van der Waals surface area contributed by atoms with Gasteiger partial charge in [-0.3, -0.25) is 0 Å². The summed E-state index contributed by atoms with van der Waals surface area (Å²) in [5.74, 6) is 0.706. The Balaban J connectivity index is 1.89. The summed E-state index contributed by atoms with van der Waals surface area (Å²) in [7, 11) is 2.12. The third kappa shape index (κ3) is 2.99. The molecule has 2 nitrogen and oxygen atoms in total. The van der Waals surface area contributed by atoms with E-state index in [1.807, 2.05) is 12.1 Å². The van der Waals surface area contributed by atoms with Crippen LogP contribution in [0.5, 0.6) is 0 Å². The summed E-state index contributed by atoms with van der Waals surface area (Å²) >= 11 is 0. The topological polar surface area (TPSA) is 8.24 Å². The van der Waals surface area contributed by atoms with Gasteiger partial charge >= 0.3 is 0 Å². The van der Waals surface area contributed by atoms with Gasteiger partial charge in [-0.1, -0.05) is 43.5 Å². The minimum absolute atomic E-state index is 0.699. The molecule has 1 heterocycles. The summed E-state index contributed by atoms with van der Waals surface area (Å²) in [6, 6.07) is 15.2. The van der Waals surface area contributed by atoms with Gasteiger partial charge in [0.1, 0.15) is 7.05 Å². The molecule has 1 aliphatic rings. The zero-order valence-electron chi connectivity index (χ0n) is 15.6. The quantitative estimate of drug-likeness (QED) is 0.385. The second-order valence-corrected chi connectivity index (χ2v) is 7.57. The fraction of sp³-hybridized carbons (Fsp3) is 0.333. The maximum Gasteiger partial charge on any atom is 0.220 e. The van der Waals surface area contributed by atoms with Crippen molar-refractivity contribution in [2.45, 2.75) is 44.9 Å². The van der Waals surface area contributed by atoms with Crippen molar-refractivity contribution in [3.63, 3.8) is 0 Å². The Bertz CT molecular complexity index is 1000. The van der Waals surface area contributed by atoms with Crippen LogP contribution in [0, 0.1) is 13.5 Å². The average Bonchev–Trinajstić information content (AvgIpc) is 2.69. The number of aryl methyl sites for hydroxylation is 2. The molecule has 0 bridgehead atoms. The molecule has 0 spiro atoms. The Kier molecular flexibility index (Phi) is 4.47. The van der Waals surface area contributed by atoms with Gasteiger partial charge in [-0.05, 0) is 54.3 Å². The van der Waals surface area contributed by atoms with Crippen molar-refractivity contribution in [2.75, 3.05) is 0 Å². The van der Waals surface area contributed by atoms with Crippen LogP contribution < -0.4 is 4.57 Å². The Labute approximate surface area is 155 Å². The van der Waals surface area contributed by atoms with Gasteiger partial charge in [0.25, 0.3) is 0 Å². The molecule has 1 aromatic heterocycles. The van der Waals surface area contributed by atoms with E-state index in [1.54, 1.807) is 0 Å². The van der Waals surface area contributed by atoms with E-state index in [0.717, 1.165) is 5.39 Å². The normalized spacial score (nSPS) is 15.1. The second kappa shape index (κ2) is 6.92. The summed E-state index contributed by atoms with van der Waals surface area (Å²) in [5.41, 5.74) is 6.05. The predicted molar refractivity (Wildman–Crippen MR) is 107 cm³/mol. The highest BCUT2D eigenvalue weighted by Crippen LogP contribution is 2.36. The fourth-order valence-corrected chi connectivity index (χ4v) is 4.35. The van der Waals surface area contributed by atoms with Crippen LogP contribution >= 0.6 is 0 Å². The smallest absolute Gasteiger partial charge is 0.220 e. The lowest BCUT2D eigenvalue weighted by Crippen LogP contribution is -2.30. The zero-order chi connectivity index (χ0) is 18.1. The molecular formula is C24H25N2+. The molecule has 1 fully saturated rings. The summed E-state index contributed by atoms with van der Waals surface area (Å²) in [5, 5.41) is 2.35. The van der Waals surface area contributed by atoms with E-state index in [9.17, 15) is 0 Å². The molecule has 1 saturated carbocycles. The number of nitrogens with zero attached hydrogens (tertiary/aromatic N) is 2. The highest BCUT2D eigenvalue weighted by atomic mass is 14.9. The first-order chi connectivity index (χ1) is 12.7. The van der Waals surface area contributed by atoms with Crippen LogP contribution in [0.25, 0.3) is 26.9 Å². The standard InChI is InChI=1S/C24H25N2/c1-17-9-10-19(18-7-5-4-6-8-18)16-23(17)24-22-12-11-21(25-2)15-20(22)13-14-26(24)3/h9-16,18H,4-8H2,1,3H3/q+1. The van der Waals surface area contributed by atoms with Crippen LogP contribution in [-0.4, -0.2) is 0 Å². The van der Waals surface area contributed by atoms with Crippen molar-refractivity contribution in [1.82, 2.24) is 0 Å². The van der Waals surface area contributed by atoms with Gasteiger partial charge in [-0.15, -0.1) is 0 Å². The second-order valence-electron chi connectivity index (χ2n) is 7.57. The summed E-state index contributed by atoms with van der Waals surface area (Å²) in [6.07, 6.45) is 8.84. The third-order valence-corrected chi connectivity index (χ3v) is 5.84. The summed E-state index contributed by atoms with van der Waals surface area (Å²) < 4.78 is 2.22. The zero-order valence-corrected chi connectivity index (χ0v) is 15.6. The SMILES string of the molecule is [C-]#[N+]c1ccc2c(-c3cc(C4CCCCC4)ccc3C)[n+](C)ccc2c1. The first-order valence-corrected chi connectivity index (χ1v) is 9.58. The average molecular weight is 341 g/mol. The van der Waals surface area contributed by atoms with Crippen molar-refractivity contribution in [1.29, 1.82) is 0 Å². The van der Waals surface area contributed by atoms with Crippen LogP contribution in [0.3, 0.4) is 0 Å². The number of hydrogen-bond donors (Lipinski definition) is 0. The molecule has 1 aliphatic carbocycles. The molecule has 0 radical (unpaired) electrons. The van der Waals surface area contributed by atoms with Gasteiger partial charge in [-0.25, -0.2) is 9.41 Å². The van der Waals surface area contributed by atoms with Gasteiger partial charge in [0.2, 0.25) is 5.69 Å². The Morgan fingerprint density at radius 1 is 1.00 bits per heavy atom. The number of pyridine rings is 1. The summed E-state index contributed by atoms with van der Waals surface area (Å²) in [4.78, 5) is 3.58. The molecule has 26 heavy (non-hydrogen) atoms. The van der Waals surface area contributed by atoms with E-state index >= 15 is 0 Å². The molecule has 0 unspecified atom stereocenters. The molecule has 4 rings (SSSR count). The Morgan fingerprint density at radius 2 is 1.81 bits per heavy atom. The van der Waals surface area contributed by atoms with Crippen molar-refractivity contribution in [3.8, 4) is 11.3 Å². The molecule has 0 aliphatic heterocycles. The van der Waals surface area contributed by atoms with Crippen LogP contribution in [0.15, 0.2) is 48.7 Å². The van der Waals surface area contributed by atoms with Crippen LogP contribution in [0.1, 0.15) is 49.1 Å². The Morgan fingerprint density at radius 3 is 2.58 bits per heavy atom. The van der Waals surface area contributed by atoms with E-state index < -0.39 is 0 Å². The lowest BCUT2D eigenvalue weighted by atomic mass is 9.82. The van der Waals surface area contributed by atoms with Gasteiger partial charge < -0.3 is 0 Å². The van der Waals surface area contributed by atoms with E-state index in [1.165, 1.54) is 59.9 Å². The van der Waals surface area contributed by atoms with E-state index in [2.05, 4.69) is 59.9 Å².